The lowest BCUT2D eigenvalue weighted by molar-refractivity contribution is -0.158. The lowest BCUT2D eigenvalue weighted by Crippen LogP contribution is -2.67. The molecule has 38 heavy (non-hydrogen) atoms. The quantitative estimate of drug-likeness (QED) is 0.557. The summed E-state index contributed by atoms with van der Waals surface area (Å²) in [6, 6.07) is 8.81. The third kappa shape index (κ3) is 5.71. The van der Waals surface area contributed by atoms with Gasteiger partial charge in [-0.05, 0) is 73.8 Å². The fourth-order valence-electron chi connectivity index (χ4n) is 5.53. The van der Waals surface area contributed by atoms with Crippen LogP contribution in [0, 0.1) is 11.8 Å². The number of halogens is 3. The number of carbonyl (C=O) groups excluding carboxylic acids is 3. The molecule has 0 aromatic heterocycles. The molecule has 3 amide bonds. The number of rotatable bonds is 7. The summed E-state index contributed by atoms with van der Waals surface area (Å²) in [6.07, 6.45) is -3.02. The normalized spacial score (nSPS) is 21.0. The van der Waals surface area contributed by atoms with E-state index < -0.39 is 41.7 Å². The van der Waals surface area contributed by atoms with E-state index in [4.69, 9.17) is 0 Å². The Balaban J connectivity index is 1.76. The summed E-state index contributed by atoms with van der Waals surface area (Å²) in [5.41, 5.74) is 1.60. The molecule has 204 valence electrons. The summed E-state index contributed by atoms with van der Waals surface area (Å²) in [4.78, 5) is 42.6. The fourth-order valence-corrected chi connectivity index (χ4v) is 5.53. The summed E-state index contributed by atoms with van der Waals surface area (Å²) >= 11 is 0. The number of benzene rings is 2. The van der Waals surface area contributed by atoms with Gasteiger partial charge in [-0.2, -0.15) is 13.2 Å². The second-order valence-corrected chi connectivity index (χ2v) is 11.0. The third-order valence-electron chi connectivity index (χ3n) is 7.22. The Kier molecular flexibility index (Phi) is 7.85. The van der Waals surface area contributed by atoms with Crippen LogP contribution in [0.3, 0.4) is 0 Å². The van der Waals surface area contributed by atoms with Gasteiger partial charge >= 0.3 is 6.18 Å². The van der Waals surface area contributed by atoms with E-state index in [1.807, 2.05) is 38.1 Å². The first kappa shape index (κ1) is 27.7. The van der Waals surface area contributed by atoms with Crippen molar-refractivity contribution in [1.29, 1.82) is 0 Å². The highest BCUT2D eigenvalue weighted by Crippen LogP contribution is 2.36. The average Bonchev–Trinajstić information content (AvgIpc) is 3.26. The fraction of sp³-hybridized carbons (Fsp3) is 0.483. The zero-order chi connectivity index (χ0) is 27.8. The molecule has 1 heterocycles. The monoisotopic (exact) mass is 529 g/mol. The highest BCUT2D eigenvalue weighted by atomic mass is 19.4. The van der Waals surface area contributed by atoms with Crippen molar-refractivity contribution in [2.45, 2.75) is 77.3 Å². The van der Waals surface area contributed by atoms with Crippen molar-refractivity contribution in [3.8, 4) is 0 Å². The lowest BCUT2D eigenvalue weighted by atomic mass is 9.87. The van der Waals surface area contributed by atoms with E-state index in [2.05, 4.69) is 10.6 Å². The zero-order valence-electron chi connectivity index (χ0n) is 22.0. The van der Waals surface area contributed by atoms with Crippen LogP contribution in [0.2, 0.25) is 0 Å². The van der Waals surface area contributed by atoms with Crippen LogP contribution in [0.25, 0.3) is 0 Å². The SMILES string of the molecule is CC(C)C[C@@H]1C(=O)N[C@H](C2Cc3ccccc3C2)C(=O)N1[C@@H](C(=O)NC(C)C)c1ccc(C(F)(F)F)cc1. The van der Waals surface area contributed by atoms with Crippen LogP contribution >= 0.6 is 0 Å². The largest absolute Gasteiger partial charge is 0.416 e. The first-order valence-corrected chi connectivity index (χ1v) is 13.0. The first-order valence-electron chi connectivity index (χ1n) is 13.0. The van der Waals surface area contributed by atoms with E-state index in [0.29, 0.717) is 19.3 Å². The maximum absolute atomic E-state index is 14.2. The van der Waals surface area contributed by atoms with Gasteiger partial charge in [0.25, 0.3) is 0 Å². The standard InChI is InChI=1S/C29H34F3N3O3/c1-16(2)13-23-26(36)34-24(21-14-19-7-5-6-8-20(19)15-21)28(38)35(23)25(27(37)33-17(3)4)18-9-11-22(12-10-18)29(30,31)32/h5-12,16-17,21,23-25H,13-15H2,1-4H3,(H,33,37)(H,34,36)/t23-,24-,25-/m1/s1. The topological polar surface area (TPSA) is 78.5 Å². The number of alkyl halides is 3. The molecule has 0 spiro atoms. The molecule has 6 nitrogen and oxygen atoms in total. The van der Waals surface area contributed by atoms with Crippen LogP contribution in [0.4, 0.5) is 13.2 Å². The van der Waals surface area contributed by atoms with E-state index >= 15 is 0 Å². The minimum atomic E-state index is -4.54. The number of nitrogens with one attached hydrogen (secondary N) is 2. The smallest absolute Gasteiger partial charge is 0.352 e. The van der Waals surface area contributed by atoms with Gasteiger partial charge in [0.05, 0.1) is 5.56 Å². The highest BCUT2D eigenvalue weighted by molar-refractivity contribution is 6.00. The van der Waals surface area contributed by atoms with E-state index in [1.165, 1.54) is 17.0 Å². The van der Waals surface area contributed by atoms with E-state index in [-0.39, 0.29) is 29.3 Å². The number of nitrogens with zero attached hydrogens (tertiary/aromatic N) is 1. The second-order valence-electron chi connectivity index (χ2n) is 11.0. The summed E-state index contributed by atoms with van der Waals surface area (Å²) < 4.78 is 39.8. The Morgan fingerprint density at radius 1 is 1.00 bits per heavy atom. The first-order chi connectivity index (χ1) is 17.9. The van der Waals surface area contributed by atoms with E-state index in [1.54, 1.807) is 13.8 Å². The van der Waals surface area contributed by atoms with Crippen molar-refractivity contribution in [3.63, 3.8) is 0 Å². The molecule has 3 atom stereocenters. The van der Waals surface area contributed by atoms with Crippen molar-refractivity contribution >= 4 is 17.7 Å². The molecule has 0 bridgehead atoms. The van der Waals surface area contributed by atoms with Crippen molar-refractivity contribution < 1.29 is 27.6 Å². The molecule has 2 aromatic rings. The third-order valence-corrected chi connectivity index (χ3v) is 7.22. The molecule has 2 aromatic carbocycles. The molecule has 1 fully saturated rings. The minimum absolute atomic E-state index is 0.0229. The van der Waals surface area contributed by atoms with Crippen LogP contribution in [0.15, 0.2) is 48.5 Å². The average molecular weight is 530 g/mol. The van der Waals surface area contributed by atoms with E-state index in [0.717, 1.165) is 23.3 Å². The Morgan fingerprint density at radius 2 is 1.58 bits per heavy atom. The molecule has 4 rings (SSSR count). The Hall–Kier alpha value is -3.36. The van der Waals surface area contributed by atoms with Crippen molar-refractivity contribution in [2.75, 3.05) is 0 Å². The summed E-state index contributed by atoms with van der Waals surface area (Å²) in [6.45, 7) is 7.35. The summed E-state index contributed by atoms with van der Waals surface area (Å²) in [5, 5.41) is 5.74. The van der Waals surface area contributed by atoms with Gasteiger partial charge in [-0.15, -0.1) is 0 Å². The van der Waals surface area contributed by atoms with Crippen LogP contribution in [0.1, 0.15) is 62.4 Å². The molecular formula is C29H34F3N3O3. The Labute approximate surface area is 221 Å². The summed E-state index contributed by atoms with van der Waals surface area (Å²) in [5.74, 6) is -1.45. The highest BCUT2D eigenvalue weighted by Gasteiger charge is 2.49. The molecule has 1 aliphatic carbocycles. The molecule has 2 N–H and O–H groups in total. The molecule has 1 aliphatic heterocycles. The van der Waals surface area contributed by atoms with Gasteiger partial charge in [0.2, 0.25) is 17.7 Å². The molecular weight excluding hydrogens is 495 g/mol. The van der Waals surface area contributed by atoms with Crippen LogP contribution < -0.4 is 10.6 Å². The predicted molar refractivity (Wildman–Crippen MR) is 137 cm³/mol. The van der Waals surface area contributed by atoms with Crippen LogP contribution in [-0.4, -0.2) is 40.7 Å². The van der Waals surface area contributed by atoms with Gasteiger partial charge in [0.1, 0.15) is 18.1 Å². The Bertz CT molecular complexity index is 1170. The second kappa shape index (κ2) is 10.8. The van der Waals surface area contributed by atoms with Gasteiger partial charge < -0.3 is 15.5 Å². The van der Waals surface area contributed by atoms with Crippen LogP contribution in [-0.2, 0) is 33.4 Å². The van der Waals surface area contributed by atoms with Crippen molar-refractivity contribution in [3.05, 3.63) is 70.8 Å². The number of amides is 3. The lowest BCUT2D eigenvalue weighted by Gasteiger charge is -2.45. The maximum atomic E-state index is 14.2. The van der Waals surface area contributed by atoms with Gasteiger partial charge in [0.15, 0.2) is 0 Å². The van der Waals surface area contributed by atoms with Gasteiger partial charge in [0, 0.05) is 6.04 Å². The molecule has 9 heteroatoms. The zero-order valence-corrected chi connectivity index (χ0v) is 22.0. The number of hydrogen-bond donors (Lipinski definition) is 2. The van der Waals surface area contributed by atoms with E-state index in [9.17, 15) is 27.6 Å². The van der Waals surface area contributed by atoms with Crippen molar-refractivity contribution in [2.24, 2.45) is 11.8 Å². The molecule has 1 saturated heterocycles. The molecule has 2 aliphatic rings. The Morgan fingerprint density at radius 3 is 2.08 bits per heavy atom. The number of piperazine rings is 1. The maximum Gasteiger partial charge on any atom is 0.416 e. The minimum Gasteiger partial charge on any atom is -0.352 e. The number of carbonyl (C=O) groups is 3. The summed E-state index contributed by atoms with van der Waals surface area (Å²) in [7, 11) is 0. The van der Waals surface area contributed by atoms with Gasteiger partial charge in [-0.1, -0.05) is 50.2 Å². The van der Waals surface area contributed by atoms with Gasteiger partial charge in [-0.25, -0.2) is 0 Å². The van der Waals surface area contributed by atoms with Crippen LogP contribution in [0.5, 0.6) is 0 Å². The molecule has 0 unspecified atom stereocenters. The predicted octanol–water partition coefficient (Wildman–Crippen LogP) is 4.43. The number of hydrogen-bond acceptors (Lipinski definition) is 3. The van der Waals surface area contributed by atoms with Gasteiger partial charge in [-0.3, -0.25) is 14.4 Å². The molecule has 0 saturated carbocycles. The number of fused-ring (bicyclic) bond motifs is 1. The van der Waals surface area contributed by atoms with Crippen molar-refractivity contribution in [1.82, 2.24) is 15.5 Å². The molecule has 0 radical (unpaired) electrons.